The number of nitrogens with one attached hydrogen (secondary N) is 2. The highest BCUT2D eigenvalue weighted by molar-refractivity contribution is 7.99. The Morgan fingerprint density at radius 1 is 1.20 bits per heavy atom. The molecule has 0 spiro atoms. The highest BCUT2D eigenvalue weighted by atomic mass is 32.2. The first-order chi connectivity index (χ1) is 21.3. The number of anilines is 3. The molecule has 224 valence electrons. The van der Waals surface area contributed by atoms with E-state index in [4.69, 9.17) is 10.4 Å². The smallest absolute Gasteiger partial charge is 0.261 e. The summed E-state index contributed by atoms with van der Waals surface area (Å²) in [5.41, 5.74) is 1.11. The van der Waals surface area contributed by atoms with E-state index in [-0.39, 0.29) is 36.5 Å². The van der Waals surface area contributed by atoms with Gasteiger partial charge in [0.05, 0.1) is 30.1 Å². The van der Waals surface area contributed by atoms with E-state index in [9.17, 15) is 14.9 Å². The molecule has 6 rings (SSSR count). The van der Waals surface area contributed by atoms with Crippen molar-refractivity contribution >= 4 is 45.9 Å². The molecule has 2 N–H and O–H groups in total. The molecular formula is C31H30FN9O2S. The van der Waals surface area contributed by atoms with Gasteiger partial charge in [-0.15, -0.1) is 0 Å². The number of rotatable bonds is 6. The summed E-state index contributed by atoms with van der Waals surface area (Å²) in [6.07, 6.45) is 1.49. The zero-order valence-electron chi connectivity index (χ0n) is 24.1. The van der Waals surface area contributed by atoms with E-state index in [1.807, 2.05) is 35.7 Å². The van der Waals surface area contributed by atoms with Crippen molar-refractivity contribution in [2.75, 3.05) is 47.9 Å². The number of pyridine rings is 2. The summed E-state index contributed by atoms with van der Waals surface area (Å²) >= 11 is 1.84. The van der Waals surface area contributed by atoms with Crippen molar-refractivity contribution in [1.82, 2.24) is 24.6 Å². The Kier molecular flexibility index (Phi) is 7.97. The molecule has 3 aromatic heterocycles. The fraction of sp³-hybridized carbons (Fsp3) is 0.355. The summed E-state index contributed by atoms with van der Waals surface area (Å²) in [6.45, 7) is 3.65. The van der Waals surface area contributed by atoms with Crippen LogP contribution in [0.25, 0.3) is 10.9 Å². The number of alkyl halides is 1. The SMILES string of the molecule is Cc1cc(Nc2nn([C@@]3(CC#N)CCN(c4ccc(C#N)cn4)C[C@H]3F)c3cc[nH]c(=O)c23)ccc1C(=O)N1CCSCC1. The number of amides is 1. The van der Waals surface area contributed by atoms with Crippen LogP contribution in [0.3, 0.4) is 0 Å². The molecule has 2 aliphatic heterocycles. The minimum Gasteiger partial charge on any atom is -0.354 e. The quantitative estimate of drug-likeness (QED) is 0.329. The lowest BCUT2D eigenvalue weighted by Crippen LogP contribution is -2.55. The Labute approximate surface area is 257 Å². The maximum Gasteiger partial charge on any atom is 0.261 e. The normalized spacial score (nSPS) is 20.2. The van der Waals surface area contributed by atoms with Gasteiger partial charge in [0.25, 0.3) is 11.5 Å². The van der Waals surface area contributed by atoms with Crippen LogP contribution in [-0.4, -0.2) is 74.4 Å². The molecular weight excluding hydrogens is 581 g/mol. The Hall–Kier alpha value is -4.88. The number of aromatic nitrogens is 4. The predicted molar refractivity (Wildman–Crippen MR) is 167 cm³/mol. The maximum absolute atomic E-state index is 16.4. The second kappa shape index (κ2) is 12.0. The lowest BCUT2D eigenvalue weighted by atomic mass is 9.83. The molecule has 13 heteroatoms. The molecule has 0 aliphatic carbocycles. The van der Waals surface area contributed by atoms with E-state index >= 15 is 4.39 Å². The van der Waals surface area contributed by atoms with Crippen molar-refractivity contribution in [2.24, 2.45) is 0 Å². The number of aromatic amines is 1. The largest absolute Gasteiger partial charge is 0.354 e. The second-order valence-electron chi connectivity index (χ2n) is 11.0. The molecule has 1 aromatic carbocycles. The Morgan fingerprint density at radius 2 is 2.02 bits per heavy atom. The number of halogens is 1. The molecule has 4 aromatic rings. The third kappa shape index (κ3) is 5.24. The van der Waals surface area contributed by atoms with Gasteiger partial charge >= 0.3 is 0 Å². The van der Waals surface area contributed by atoms with E-state index in [0.29, 0.717) is 34.7 Å². The van der Waals surface area contributed by atoms with Gasteiger partial charge in [-0.25, -0.2) is 9.37 Å². The fourth-order valence-electron chi connectivity index (χ4n) is 6.00. The van der Waals surface area contributed by atoms with Crippen LogP contribution in [0, 0.1) is 29.6 Å². The van der Waals surface area contributed by atoms with Crippen molar-refractivity contribution < 1.29 is 9.18 Å². The summed E-state index contributed by atoms with van der Waals surface area (Å²) in [4.78, 5) is 36.9. The summed E-state index contributed by atoms with van der Waals surface area (Å²) < 4.78 is 17.9. The van der Waals surface area contributed by atoms with Crippen LogP contribution in [0.15, 0.2) is 53.6 Å². The third-order valence-corrected chi connectivity index (χ3v) is 9.35. The zero-order valence-corrected chi connectivity index (χ0v) is 24.9. The van der Waals surface area contributed by atoms with Crippen molar-refractivity contribution in [3.8, 4) is 12.1 Å². The molecule has 1 amide bonds. The van der Waals surface area contributed by atoms with Crippen LogP contribution in [0.1, 0.15) is 34.3 Å². The summed E-state index contributed by atoms with van der Waals surface area (Å²) in [5, 5.41) is 27.1. The topological polar surface area (TPSA) is 147 Å². The molecule has 5 heterocycles. The van der Waals surface area contributed by atoms with Crippen molar-refractivity contribution in [1.29, 1.82) is 10.5 Å². The van der Waals surface area contributed by atoms with Crippen LogP contribution in [0.5, 0.6) is 0 Å². The van der Waals surface area contributed by atoms with Gasteiger partial charge in [0.15, 0.2) is 5.82 Å². The molecule has 2 saturated heterocycles. The van der Waals surface area contributed by atoms with Crippen LogP contribution in [0.2, 0.25) is 0 Å². The number of piperidine rings is 1. The van der Waals surface area contributed by atoms with Crippen molar-refractivity contribution in [3.05, 3.63) is 75.8 Å². The zero-order chi connectivity index (χ0) is 30.8. The van der Waals surface area contributed by atoms with Crippen LogP contribution >= 0.6 is 11.8 Å². The number of hydrogen-bond donors (Lipinski definition) is 2. The van der Waals surface area contributed by atoms with Gasteiger partial charge in [0.1, 0.15) is 29.0 Å². The number of hydrogen-bond acceptors (Lipinski definition) is 9. The van der Waals surface area contributed by atoms with Gasteiger partial charge in [-0.05, 0) is 55.3 Å². The number of carbonyl (C=O) groups is 1. The average Bonchev–Trinajstić information content (AvgIpc) is 3.42. The van der Waals surface area contributed by atoms with Gasteiger partial charge < -0.3 is 20.1 Å². The summed E-state index contributed by atoms with van der Waals surface area (Å²) in [6, 6.07) is 14.5. The monoisotopic (exact) mass is 611 g/mol. The van der Waals surface area contributed by atoms with Crippen LogP contribution in [0.4, 0.5) is 21.7 Å². The number of nitrogens with zero attached hydrogens (tertiary/aromatic N) is 7. The van der Waals surface area contributed by atoms with Crippen molar-refractivity contribution in [3.63, 3.8) is 0 Å². The van der Waals surface area contributed by atoms with E-state index in [2.05, 4.69) is 21.4 Å². The number of benzene rings is 1. The number of thioether (sulfide) groups is 1. The molecule has 0 saturated carbocycles. The number of fused-ring (bicyclic) bond motifs is 1. The Bertz CT molecular complexity index is 1850. The van der Waals surface area contributed by atoms with Gasteiger partial charge in [-0.3, -0.25) is 14.3 Å². The molecule has 0 unspecified atom stereocenters. The lowest BCUT2D eigenvalue weighted by molar-refractivity contribution is 0.0771. The first-order valence-corrected chi connectivity index (χ1v) is 15.5. The summed E-state index contributed by atoms with van der Waals surface area (Å²) in [7, 11) is 0. The average molecular weight is 612 g/mol. The molecule has 11 nitrogen and oxygen atoms in total. The van der Waals surface area contributed by atoms with E-state index < -0.39 is 17.3 Å². The second-order valence-corrected chi connectivity index (χ2v) is 12.2. The molecule has 0 bridgehead atoms. The first-order valence-electron chi connectivity index (χ1n) is 14.3. The fourth-order valence-corrected chi connectivity index (χ4v) is 6.90. The third-order valence-electron chi connectivity index (χ3n) is 8.41. The predicted octanol–water partition coefficient (Wildman–Crippen LogP) is 4.09. The van der Waals surface area contributed by atoms with Gasteiger partial charge in [-0.1, -0.05) is 0 Å². The number of H-pyrrole nitrogens is 1. The molecule has 44 heavy (non-hydrogen) atoms. The molecule has 2 aliphatic rings. The molecule has 2 fully saturated rings. The highest BCUT2D eigenvalue weighted by Crippen LogP contribution is 2.40. The molecule has 0 radical (unpaired) electrons. The van der Waals surface area contributed by atoms with E-state index in [1.54, 1.807) is 35.2 Å². The minimum absolute atomic E-state index is 0.00416. The Balaban J connectivity index is 1.33. The molecule has 2 atom stereocenters. The summed E-state index contributed by atoms with van der Waals surface area (Å²) in [5.74, 6) is 2.61. The van der Waals surface area contributed by atoms with Gasteiger partial charge in [0, 0.05) is 54.8 Å². The van der Waals surface area contributed by atoms with E-state index in [1.165, 1.54) is 17.1 Å². The minimum atomic E-state index is -1.52. The van der Waals surface area contributed by atoms with Crippen molar-refractivity contribution in [2.45, 2.75) is 31.5 Å². The van der Waals surface area contributed by atoms with Gasteiger partial charge in [-0.2, -0.15) is 27.4 Å². The Morgan fingerprint density at radius 3 is 2.70 bits per heavy atom. The number of nitriles is 2. The number of aryl methyl sites for hydroxylation is 1. The van der Waals surface area contributed by atoms with E-state index in [0.717, 1.165) is 30.2 Å². The first kappa shape index (κ1) is 29.2. The maximum atomic E-state index is 16.4. The number of carbonyl (C=O) groups excluding carboxylic acids is 1. The lowest BCUT2D eigenvalue weighted by Gasteiger charge is -2.44. The van der Waals surface area contributed by atoms with Crippen LogP contribution < -0.4 is 15.8 Å². The highest BCUT2D eigenvalue weighted by Gasteiger charge is 2.47. The standard InChI is InChI=1S/C31H30FN9O2S/c1-20-16-22(3-4-23(20)30(43)39-12-14-44-15-13-39)37-28-27-24(6-10-35-29(27)42)41(38-28)31(7-9-33)8-11-40(19-25(31)32)26-5-2-21(17-34)18-36-26/h2-6,10,16,18,25H,7-8,11-15,19H2,1H3,(H,35,42)(H,37,38)/t25-,31+/m1/s1. The van der Waals surface area contributed by atoms with Crippen LogP contribution in [-0.2, 0) is 5.54 Å². The van der Waals surface area contributed by atoms with Gasteiger partial charge in [0.2, 0.25) is 0 Å².